The molecule has 42 heavy (non-hydrogen) atoms. The number of piperazine rings is 1. The van der Waals surface area contributed by atoms with Crippen molar-refractivity contribution in [1.29, 1.82) is 0 Å². The number of allylic oxidation sites excluding steroid dienone is 2. The van der Waals surface area contributed by atoms with Crippen molar-refractivity contribution in [1.82, 2.24) is 14.7 Å². The summed E-state index contributed by atoms with van der Waals surface area (Å²) in [6, 6.07) is -0.389. The topological polar surface area (TPSA) is 123 Å². The van der Waals surface area contributed by atoms with E-state index in [0.717, 1.165) is 44.6 Å². The van der Waals surface area contributed by atoms with Gasteiger partial charge in [-0.2, -0.15) is 0 Å². The Morgan fingerprint density at radius 3 is 2.62 bits per heavy atom. The molecular formula is C32H53N3O7. The van der Waals surface area contributed by atoms with Crippen molar-refractivity contribution in [2.45, 2.75) is 89.7 Å². The molecule has 0 radical (unpaired) electrons. The van der Waals surface area contributed by atoms with Crippen molar-refractivity contribution in [2.24, 2.45) is 11.8 Å². The number of aliphatic hydroxyl groups is 3. The molecule has 3 heterocycles. The molecule has 10 heteroatoms. The third-order valence-corrected chi connectivity index (χ3v) is 8.83. The minimum absolute atomic E-state index is 0.0360. The average Bonchev–Trinajstić information content (AvgIpc) is 3.43. The number of carbonyl (C=O) groups is 2. The number of esters is 1. The summed E-state index contributed by atoms with van der Waals surface area (Å²) in [5.41, 5.74) is -0.217. The minimum atomic E-state index is -1.06. The number of amides is 1. The number of ether oxygens (including phenoxy) is 2. The maximum absolute atomic E-state index is 12.8. The molecule has 0 aromatic heterocycles. The highest BCUT2D eigenvalue weighted by atomic mass is 16.6. The maximum atomic E-state index is 12.8. The van der Waals surface area contributed by atoms with Crippen LogP contribution in [0, 0.1) is 11.8 Å². The van der Waals surface area contributed by atoms with Crippen LogP contribution in [0.25, 0.3) is 0 Å². The van der Waals surface area contributed by atoms with Crippen molar-refractivity contribution >= 4 is 12.1 Å². The summed E-state index contributed by atoms with van der Waals surface area (Å²) >= 11 is 0. The Kier molecular flexibility index (Phi) is 13.1. The number of nitrogens with zero attached hydrogens (tertiary/aromatic N) is 3. The van der Waals surface area contributed by atoms with Crippen molar-refractivity contribution in [3.05, 3.63) is 36.0 Å². The highest BCUT2D eigenvalue weighted by Crippen LogP contribution is 2.28. The van der Waals surface area contributed by atoms with Gasteiger partial charge >= 0.3 is 12.1 Å². The van der Waals surface area contributed by atoms with Crippen molar-refractivity contribution in [2.75, 3.05) is 53.0 Å². The molecule has 3 rings (SSSR count). The molecule has 2 fully saturated rings. The van der Waals surface area contributed by atoms with Gasteiger partial charge in [0.2, 0.25) is 0 Å². The van der Waals surface area contributed by atoms with Crippen LogP contribution in [0.5, 0.6) is 0 Å². The maximum Gasteiger partial charge on any atom is 0.410 e. The van der Waals surface area contributed by atoms with Crippen LogP contribution in [0.4, 0.5) is 4.79 Å². The van der Waals surface area contributed by atoms with E-state index in [-0.39, 0.29) is 43.6 Å². The number of likely N-dealkylation sites (N-methyl/N-ethyl adjacent to an activating group) is 1. The van der Waals surface area contributed by atoms with E-state index >= 15 is 0 Å². The van der Waals surface area contributed by atoms with Gasteiger partial charge in [-0.3, -0.25) is 9.69 Å². The summed E-state index contributed by atoms with van der Waals surface area (Å²) < 4.78 is 11.4. The number of carbonyl (C=O) groups excluding carboxylic acids is 2. The van der Waals surface area contributed by atoms with Gasteiger partial charge in [0.25, 0.3) is 0 Å². The molecule has 0 spiro atoms. The van der Waals surface area contributed by atoms with Crippen LogP contribution in [0.2, 0.25) is 0 Å². The zero-order valence-electron chi connectivity index (χ0n) is 26.2. The first-order valence-corrected chi connectivity index (χ1v) is 15.5. The SMILES string of the molecule is C/C(=C\C=C\[C@@H](C)COC(=O)N1CCC[C@@H]1CO)[C@H]1OC(=O)C[C@@H](O)CC[C@](C)(O)[C@@H](N2CCN(C)CC2)/C=C/[C@@H]1C. The van der Waals surface area contributed by atoms with Crippen LogP contribution >= 0.6 is 0 Å². The van der Waals surface area contributed by atoms with E-state index in [9.17, 15) is 24.9 Å². The van der Waals surface area contributed by atoms with Crippen LogP contribution in [-0.2, 0) is 14.3 Å². The molecule has 0 aliphatic carbocycles. The zero-order valence-corrected chi connectivity index (χ0v) is 26.2. The molecule has 7 atom stereocenters. The third kappa shape index (κ3) is 9.91. The first kappa shape index (κ1) is 34.3. The van der Waals surface area contributed by atoms with Crippen LogP contribution in [-0.4, -0.2) is 125 Å². The second-order valence-corrected chi connectivity index (χ2v) is 12.7. The molecule has 0 unspecified atom stereocenters. The van der Waals surface area contributed by atoms with Crippen molar-refractivity contribution in [3.8, 4) is 0 Å². The molecule has 3 N–H and O–H groups in total. The lowest BCUT2D eigenvalue weighted by Crippen LogP contribution is -2.56. The monoisotopic (exact) mass is 591 g/mol. The summed E-state index contributed by atoms with van der Waals surface area (Å²) in [5.74, 6) is -0.672. The zero-order chi connectivity index (χ0) is 30.9. The Morgan fingerprint density at radius 2 is 1.93 bits per heavy atom. The van der Waals surface area contributed by atoms with Gasteiger partial charge in [0.05, 0.1) is 43.4 Å². The van der Waals surface area contributed by atoms with E-state index in [2.05, 4.69) is 16.8 Å². The highest BCUT2D eigenvalue weighted by Gasteiger charge is 2.37. The minimum Gasteiger partial charge on any atom is -0.457 e. The summed E-state index contributed by atoms with van der Waals surface area (Å²) in [4.78, 5) is 31.3. The van der Waals surface area contributed by atoms with Gasteiger partial charge < -0.3 is 34.6 Å². The third-order valence-electron chi connectivity index (χ3n) is 8.83. The molecule has 3 aliphatic rings. The molecule has 0 aromatic rings. The van der Waals surface area contributed by atoms with Crippen LogP contribution in [0.1, 0.15) is 59.8 Å². The fraction of sp³-hybridized carbons (Fsp3) is 0.750. The molecule has 2 saturated heterocycles. The van der Waals surface area contributed by atoms with E-state index in [1.165, 1.54) is 0 Å². The van der Waals surface area contributed by atoms with Gasteiger partial charge in [-0.05, 0) is 52.2 Å². The molecule has 10 nitrogen and oxygen atoms in total. The molecule has 0 bridgehead atoms. The molecule has 0 aromatic carbocycles. The lowest BCUT2D eigenvalue weighted by Gasteiger charge is -2.43. The van der Waals surface area contributed by atoms with Gasteiger partial charge in [-0.1, -0.05) is 44.2 Å². The first-order valence-electron chi connectivity index (χ1n) is 15.5. The number of hydrogen-bond acceptors (Lipinski definition) is 9. The lowest BCUT2D eigenvalue weighted by atomic mass is 9.86. The Labute approximate surface area is 251 Å². The van der Waals surface area contributed by atoms with Gasteiger partial charge in [0.15, 0.2) is 0 Å². The Bertz CT molecular complexity index is 973. The van der Waals surface area contributed by atoms with Gasteiger partial charge in [0, 0.05) is 44.6 Å². The molecule has 1 amide bonds. The van der Waals surface area contributed by atoms with Crippen LogP contribution in [0.15, 0.2) is 36.0 Å². The molecular weight excluding hydrogens is 538 g/mol. The van der Waals surface area contributed by atoms with E-state index in [4.69, 9.17) is 9.47 Å². The van der Waals surface area contributed by atoms with Crippen LogP contribution in [0.3, 0.4) is 0 Å². The summed E-state index contributed by atoms with van der Waals surface area (Å²) in [5, 5.41) is 31.5. The molecule has 238 valence electrons. The van der Waals surface area contributed by atoms with Gasteiger partial charge in [-0.15, -0.1) is 0 Å². The molecule has 0 saturated carbocycles. The number of aliphatic hydroxyl groups excluding tert-OH is 2. The quantitative estimate of drug-likeness (QED) is 0.233. The normalized spacial score (nSPS) is 34.5. The summed E-state index contributed by atoms with van der Waals surface area (Å²) in [6.45, 7) is 12.0. The highest BCUT2D eigenvalue weighted by molar-refractivity contribution is 5.70. The second-order valence-electron chi connectivity index (χ2n) is 12.7. The Hall–Kier alpha value is -2.24. The lowest BCUT2D eigenvalue weighted by molar-refractivity contribution is -0.151. The number of likely N-dealkylation sites (tertiary alicyclic amines) is 1. The van der Waals surface area contributed by atoms with E-state index in [0.29, 0.717) is 19.4 Å². The first-order chi connectivity index (χ1) is 19.9. The Morgan fingerprint density at radius 1 is 1.21 bits per heavy atom. The van der Waals surface area contributed by atoms with E-state index in [1.54, 1.807) is 4.90 Å². The Balaban J connectivity index is 1.70. The standard InChI is InChI=1S/C32H53N3O7/c1-23(22-41-31(39)35-15-7-10-26(35)21-36)8-6-9-24(2)30-25(3)11-12-28(34-18-16-33(5)17-19-34)32(4,40)14-13-27(37)20-29(38)42-30/h6,8-9,11-12,23,25-28,30,36-37,40H,7,10,13-22H2,1-5H3/b8-6+,12-11+,24-9+/t23-,25+,26-,27+,28+,30-,32+/m1/s1. The predicted molar refractivity (Wildman–Crippen MR) is 162 cm³/mol. The smallest absolute Gasteiger partial charge is 0.410 e. The van der Waals surface area contributed by atoms with Gasteiger partial charge in [-0.25, -0.2) is 4.79 Å². The van der Waals surface area contributed by atoms with Crippen molar-refractivity contribution in [3.63, 3.8) is 0 Å². The van der Waals surface area contributed by atoms with Crippen LogP contribution < -0.4 is 0 Å². The summed E-state index contributed by atoms with van der Waals surface area (Å²) in [6.07, 6.45) is 10.2. The summed E-state index contributed by atoms with van der Waals surface area (Å²) in [7, 11) is 2.10. The molecule has 3 aliphatic heterocycles. The van der Waals surface area contributed by atoms with Gasteiger partial charge in [0.1, 0.15) is 6.10 Å². The van der Waals surface area contributed by atoms with Crippen molar-refractivity contribution < 1.29 is 34.4 Å². The fourth-order valence-corrected chi connectivity index (χ4v) is 6.01. The number of hydrogen-bond donors (Lipinski definition) is 3. The van der Waals surface area contributed by atoms with E-state index in [1.807, 2.05) is 58.1 Å². The number of cyclic esters (lactones) is 1. The largest absolute Gasteiger partial charge is 0.457 e. The second kappa shape index (κ2) is 16.0. The predicted octanol–water partition coefficient (Wildman–Crippen LogP) is 2.73. The fourth-order valence-electron chi connectivity index (χ4n) is 6.01. The number of rotatable bonds is 7. The average molecular weight is 592 g/mol. The van der Waals surface area contributed by atoms with E-state index < -0.39 is 29.9 Å².